The normalized spacial score (nSPS) is 9.71. The highest BCUT2D eigenvalue weighted by molar-refractivity contribution is 5.78. The Morgan fingerprint density at radius 3 is 2.57 bits per heavy atom. The van der Waals surface area contributed by atoms with Gasteiger partial charge in [-0.3, -0.25) is 0 Å². The van der Waals surface area contributed by atoms with E-state index in [1.165, 1.54) is 6.07 Å². The first-order valence-corrected chi connectivity index (χ1v) is 4.49. The Kier molecular flexibility index (Phi) is 3.06. The Labute approximate surface area is 81.7 Å². The smallest absolute Gasteiger partial charge is 0.293 e. The molecule has 0 aliphatic carbocycles. The SMILES string of the molecule is CC.Cc1ccc(F)c2oc(N)nc12. The molecule has 2 N–H and O–H groups in total. The molecule has 2 rings (SSSR count). The zero-order valence-corrected chi connectivity index (χ0v) is 8.47. The molecule has 3 nitrogen and oxygen atoms in total. The summed E-state index contributed by atoms with van der Waals surface area (Å²) in [7, 11) is 0. The van der Waals surface area contributed by atoms with Gasteiger partial charge in [0.15, 0.2) is 11.4 Å². The Morgan fingerprint density at radius 2 is 2.00 bits per heavy atom. The van der Waals surface area contributed by atoms with E-state index in [0.717, 1.165) is 5.56 Å². The predicted molar refractivity (Wildman–Crippen MR) is 54.5 cm³/mol. The van der Waals surface area contributed by atoms with Gasteiger partial charge < -0.3 is 10.2 Å². The molecule has 14 heavy (non-hydrogen) atoms. The fourth-order valence-corrected chi connectivity index (χ4v) is 1.12. The van der Waals surface area contributed by atoms with Crippen molar-refractivity contribution < 1.29 is 8.81 Å². The second-order valence-corrected chi connectivity index (χ2v) is 2.59. The number of hydrogen-bond donors (Lipinski definition) is 1. The van der Waals surface area contributed by atoms with Gasteiger partial charge in [0.25, 0.3) is 6.01 Å². The molecule has 0 fully saturated rings. The van der Waals surface area contributed by atoms with E-state index >= 15 is 0 Å². The molecule has 2 aromatic rings. The molecule has 0 unspecified atom stereocenters. The Morgan fingerprint density at radius 1 is 1.36 bits per heavy atom. The summed E-state index contributed by atoms with van der Waals surface area (Å²) >= 11 is 0. The standard InChI is InChI=1S/C8H7FN2O.C2H6/c1-4-2-3-5(9)7-6(4)11-8(10)12-7;1-2/h2-3H,1H3,(H2,10,11);1-2H3. The third kappa shape index (κ3) is 1.69. The highest BCUT2D eigenvalue weighted by Gasteiger charge is 2.09. The zero-order chi connectivity index (χ0) is 10.7. The van der Waals surface area contributed by atoms with Crippen LogP contribution in [0.3, 0.4) is 0 Å². The number of hydrogen-bond acceptors (Lipinski definition) is 3. The van der Waals surface area contributed by atoms with Crippen LogP contribution in [0.2, 0.25) is 0 Å². The van der Waals surface area contributed by atoms with E-state index in [1.54, 1.807) is 6.07 Å². The third-order valence-corrected chi connectivity index (χ3v) is 1.71. The third-order valence-electron chi connectivity index (χ3n) is 1.71. The predicted octanol–water partition coefficient (Wildman–Crippen LogP) is 2.88. The van der Waals surface area contributed by atoms with Crippen molar-refractivity contribution in [3.05, 3.63) is 23.5 Å². The van der Waals surface area contributed by atoms with Gasteiger partial charge in [-0.15, -0.1) is 0 Å². The number of aromatic nitrogens is 1. The number of aryl methyl sites for hydroxylation is 1. The van der Waals surface area contributed by atoms with Crippen LogP contribution < -0.4 is 5.73 Å². The molecular formula is C10H13FN2O. The molecule has 0 aliphatic rings. The summed E-state index contributed by atoms with van der Waals surface area (Å²) in [6.45, 7) is 5.82. The summed E-state index contributed by atoms with van der Waals surface area (Å²) in [6, 6.07) is 2.97. The Hall–Kier alpha value is -1.58. The maximum absolute atomic E-state index is 13.0. The van der Waals surface area contributed by atoms with Crippen LogP contribution in [0.1, 0.15) is 19.4 Å². The van der Waals surface area contributed by atoms with Gasteiger partial charge in [-0.2, -0.15) is 4.98 Å². The number of rotatable bonds is 0. The van der Waals surface area contributed by atoms with E-state index in [-0.39, 0.29) is 11.6 Å². The molecule has 76 valence electrons. The minimum atomic E-state index is -0.431. The number of nitrogens with two attached hydrogens (primary N) is 1. The van der Waals surface area contributed by atoms with Gasteiger partial charge in [0, 0.05) is 0 Å². The lowest BCUT2D eigenvalue weighted by Gasteiger charge is -1.91. The van der Waals surface area contributed by atoms with Crippen LogP contribution >= 0.6 is 0 Å². The summed E-state index contributed by atoms with van der Waals surface area (Å²) in [5.41, 5.74) is 6.76. The van der Waals surface area contributed by atoms with Crippen molar-refractivity contribution in [2.75, 3.05) is 5.73 Å². The topological polar surface area (TPSA) is 52.0 Å². The Bertz CT molecular complexity index is 398. The first-order valence-electron chi connectivity index (χ1n) is 4.49. The molecule has 1 aromatic carbocycles. The van der Waals surface area contributed by atoms with Gasteiger partial charge >= 0.3 is 0 Å². The molecule has 0 saturated carbocycles. The van der Waals surface area contributed by atoms with Crippen molar-refractivity contribution in [3.8, 4) is 0 Å². The maximum Gasteiger partial charge on any atom is 0.293 e. The molecule has 1 heterocycles. The number of benzene rings is 1. The monoisotopic (exact) mass is 196 g/mol. The van der Waals surface area contributed by atoms with Gasteiger partial charge in [0.2, 0.25) is 0 Å². The fraction of sp³-hybridized carbons (Fsp3) is 0.300. The summed E-state index contributed by atoms with van der Waals surface area (Å²) < 4.78 is 17.9. The average Bonchev–Trinajstić information content (AvgIpc) is 2.58. The number of anilines is 1. The molecule has 0 spiro atoms. The number of nitrogen functional groups attached to an aromatic ring is 1. The lowest BCUT2D eigenvalue weighted by Crippen LogP contribution is -1.82. The average molecular weight is 196 g/mol. The minimum Gasteiger partial charge on any atom is -0.421 e. The largest absolute Gasteiger partial charge is 0.421 e. The van der Waals surface area contributed by atoms with E-state index in [1.807, 2.05) is 20.8 Å². The van der Waals surface area contributed by atoms with E-state index in [0.29, 0.717) is 5.52 Å². The number of halogens is 1. The fourth-order valence-electron chi connectivity index (χ4n) is 1.12. The zero-order valence-electron chi connectivity index (χ0n) is 8.47. The van der Waals surface area contributed by atoms with E-state index in [9.17, 15) is 4.39 Å². The van der Waals surface area contributed by atoms with E-state index in [2.05, 4.69) is 4.98 Å². The van der Waals surface area contributed by atoms with Gasteiger partial charge in [-0.25, -0.2) is 4.39 Å². The van der Waals surface area contributed by atoms with Crippen LogP contribution in [0.25, 0.3) is 11.1 Å². The van der Waals surface area contributed by atoms with Crippen molar-refractivity contribution in [1.29, 1.82) is 0 Å². The van der Waals surface area contributed by atoms with E-state index < -0.39 is 5.82 Å². The highest BCUT2D eigenvalue weighted by Crippen LogP contribution is 2.22. The quantitative estimate of drug-likeness (QED) is 0.704. The van der Waals surface area contributed by atoms with Crippen LogP contribution in [0.4, 0.5) is 10.4 Å². The molecule has 0 radical (unpaired) electrons. The first kappa shape index (κ1) is 10.5. The molecule has 4 heteroatoms. The van der Waals surface area contributed by atoms with Crippen molar-refractivity contribution >= 4 is 17.1 Å². The lowest BCUT2D eigenvalue weighted by atomic mass is 10.2. The number of nitrogens with zero attached hydrogens (tertiary/aromatic N) is 1. The minimum absolute atomic E-state index is 0.00167. The second kappa shape index (κ2) is 4.09. The molecule has 0 bridgehead atoms. The molecule has 1 aromatic heterocycles. The van der Waals surface area contributed by atoms with Crippen molar-refractivity contribution in [2.24, 2.45) is 0 Å². The van der Waals surface area contributed by atoms with Crippen LogP contribution in [0.15, 0.2) is 16.5 Å². The number of fused-ring (bicyclic) bond motifs is 1. The van der Waals surface area contributed by atoms with Crippen LogP contribution in [0.5, 0.6) is 0 Å². The molecular weight excluding hydrogens is 183 g/mol. The first-order chi connectivity index (χ1) is 6.68. The highest BCUT2D eigenvalue weighted by atomic mass is 19.1. The van der Waals surface area contributed by atoms with Crippen LogP contribution in [-0.2, 0) is 0 Å². The van der Waals surface area contributed by atoms with E-state index in [4.69, 9.17) is 10.2 Å². The lowest BCUT2D eigenvalue weighted by molar-refractivity contribution is 0.567. The van der Waals surface area contributed by atoms with Gasteiger partial charge in [0.1, 0.15) is 5.52 Å². The van der Waals surface area contributed by atoms with Crippen LogP contribution in [0, 0.1) is 12.7 Å². The summed E-state index contributed by atoms with van der Waals surface area (Å²) in [4.78, 5) is 3.84. The van der Waals surface area contributed by atoms with Gasteiger partial charge in [-0.05, 0) is 18.6 Å². The number of oxazole rings is 1. The summed E-state index contributed by atoms with van der Waals surface area (Å²) in [5, 5.41) is 0. The molecule has 0 aliphatic heterocycles. The van der Waals surface area contributed by atoms with Crippen molar-refractivity contribution in [3.63, 3.8) is 0 Å². The maximum atomic E-state index is 13.0. The summed E-state index contributed by atoms with van der Waals surface area (Å²) in [6.07, 6.45) is 0. The van der Waals surface area contributed by atoms with Gasteiger partial charge in [0.05, 0.1) is 0 Å². The van der Waals surface area contributed by atoms with Crippen molar-refractivity contribution in [1.82, 2.24) is 4.98 Å². The summed E-state index contributed by atoms with van der Waals surface area (Å²) in [5.74, 6) is -0.431. The van der Waals surface area contributed by atoms with Crippen LogP contribution in [-0.4, -0.2) is 4.98 Å². The molecule has 0 atom stereocenters. The van der Waals surface area contributed by atoms with Crippen molar-refractivity contribution in [2.45, 2.75) is 20.8 Å². The molecule has 0 saturated heterocycles. The molecule has 0 amide bonds. The second-order valence-electron chi connectivity index (χ2n) is 2.59. The Balaban J connectivity index is 0.000000461. The van der Waals surface area contributed by atoms with Gasteiger partial charge in [-0.1, -0.05) is 19.9 Å².